The van der Waals surface area contributed by atoms with Crippen molar-refractivity contribution < 1.29 is 24.2 Å². The standard InChI is InChI=1S/C21H27N5O6/c1-13(31-2)12-25-19-14(3-6-16(27)24-7-9-32-10-8-24)11-22-26(19)21(30)17(20(25)29)18(28)23-15-4-5-15/h3,6,11,13,15,29H,4-5,7-10,12H2,1-2H3,(H,23,28). The van der Waals surface area contributed by atoms with Crippen molar-refractivity contribution in [2.75, 3.05) is 33.4 Å². The third-order valence-corrected chi connectivity index (χ3v) is 5.62. The molecule has 2 fully saturated rings. The summed E-state index contributed by atoms with van der Waals surface area (Å²) in [6.07, 6.45) is 5.75. The summed E-state index contributed by atoms with van der Waals surface area (Å²) < 4.78 is 13.1. The second-order valence-electron chi connectivity index (χ2n) is 8.01. The molecular formula is C21H27N5O6. The zero-order valence-corrected chi connectivity index (χ0v) is 18.1. The molecule has 0 radical (unpaired) electrons. The van der Waals surface area contributed by atoms with Gasteiger partial charge in [0.1, 0.15) is 5.65 Å². The Morgan fingerprint density at radius 2 is 2.09 bits per heavy atom. The van der Waals surface area contributed by atoms with E-state index in [2.05, 4.69) is 10.4 Å². The number of fused-ring (bicyclic) bond motifs is 1. The van der Waals surface area contributed by atoms with Gasteiger partial charge in [-0.2, -0.15) is 9.61 Å². The van der Waals surface area contributed by atoms with Crippen LogP contribution in [0.15, 0.2) is 17.1 Å². The van der Waals surface area contributed by atoms with E-state index in [1.165, 1.54) is 23.9 Å². The lowest BCUT2D eigenvalue weighted by atomic mass is 10.2. The molecule has 0 bridgehead atoms. The van der Waals surface area contributed by atoms with Crippen LogP contribution in [0.5, 0.6) is 5.88 Å². The number of nitrogens with zero attached hydrogens (tertiary/aromatic N) is 4. The summed E-state index contributed by atoms with van der Waals surface area (Å²) in [6, 6.07) is 0.0191. The van der Waals surface area contributed by atoms with E-state index in [-0.39, 0.29) is 35.8 Å². The Bertz CT molecular complexity index is 1110. The molecule has 1 aliphatic carbocycles. The maximum Gasteiger partial charge on any atom is 0.291 e. The van der Waals surface area contributed by atoms with Crippen LogP contribution in [0.2, 0.25) is 0 Å². The maximum atomic E-state index is 13.0. The molecule has 32 heavy (non-hydrogen) atoms. The number of hydrogen-bond donors (Lipinski definition) is 2. The molecule has 2 N–H and O–H groups in total. The van der Waals surface area contributed by atoms with Gasteiger partial charge in [0, 0.05) is 37.9 Å². The molecule has 2 aliphatic rings. The first-order valence-corrected chi connectivity index (χ1v) is 10.6. The molecule has 2 aromatic heterocycles. The number of morpholine rings is 1. The van der Waals surface area contributed by atoms with Gasteiger partial charge in [-0.25, -0.2) is 0 Å². The van der Waals surface area contributed by atoms with Gasteiger partial charge in [-0.1, -0.05) is 0 Å². The first-order chi connectivity index (χ1) is 15.4. The van der Waals surface area contributed by atoms with E-state index in [0.717, 1.165) is 17.4 Å². The van der Waals surface area contributed by atoms with E-state index in [1.807, 2.05) is 0 Å². The van der Waals surface area contributed by atoms with Crippen molar-refractivity contribution in [3.8, 4) is 5.88 Å². The summed E-state index contributed by atoms with van der Waals surface area (Å²) in [7, 11) is 1.53. The van der Waals surface area contributed by atoms with Crippen LogP contribution in [0, 0.1) is 0 Å². The van der Waals surface area contributed by atoms with Gasteiger partial charge in [0.05, 0.1) is 32.1 Å². The Hall–Kier alpha value is -3.18. The molecule has 0 spiro atoms. The quantitative estimate of drug-likeness (QED) is 0.574. The number of aromatic nitrogens is 3. The monoisotopic (exact) mass is 445 g/mol. The van der Waals surface area contributed by atoms with Crippen molar-refractivity contribution in [2.24, 2.45) is 0 Å². The Labute approximate surface area is 184 Å². The molecule has 1 atom stereocenters. The highest BCUT2D eigenvalue weighted by Crippen LogP contribution is 2.24. The summed E-state index contributed by atoms with van der Waals surface area (Å²) >= 11 is 0. The summed E-state index contributed by atoms with van der Waals surface area (Å²) in [5, 5.41) is 17.8. The molecule has 2 aromatic rings. The number of amides is 2. The van der Waals surface area contributed by atoms with Crippen molar-refractivity contribution in [1.29, 1.82) is 0 Å². The van der Waals surface area contributed by atoms with Crippen LogP contribution >= 0.6 is 0 Å². The highest BCUT2D eigenvalue weighted by molar-refractivity contribution is 5.97. The zero-order valence-electron chi connectivity index (χ0n) is 18.1. The molecule has 2 amide bonds. The van der Waals surface area contributed by atoms with Gasteiger partial charge in [-0.3, -0.25) is 19.0 Å². The van der Waals surface area contributed by atoms with E-state index >= 15 is 0 Å². The van der Waals surface area contributed by atoms with Crippen LogP contribution in [0.1, 0.15) is 35.7 Å². The third kappa shape index (κ3) is 4.39. The smallest absolute Gasteiger partial charge is 0.291 e. The van der Waals surface area contributed by atoms with Crippen LogP contribution in [0.25, 0.3) is 11.7 Å². The predicted molar refractivity (Wildman–Crippen MR) is 115 cm³/mol. The van der Waals surface area contributed by atoms with E-state index < -0.39 is 17.3 Å². The lowest BCUT2D eigenvalue weighted by Crippen LogP contribution is -2.39. The molecule has 1 saturated carbocycles. The summed E-state index contributed by atoms with van der Waals surface area (Å²) in [4.78, 5) is 39.8. The number of carbonyl (C=O) groups is 2. The lowest BCUT2D eigenvalue weighted by molar-refractivity contribution is -0.129. The average Bonchev–Trinajstić information content (AvgIpc) is 3.50. The fourth-order valence-corrected chi connectivity index (χ4v) is 3.57. The molecule has 1 aliphatic heterocycles. The number of ether oxygens (including phenoxy) is 2. The van der Waals surface area contributed by atoms with Crippen LogP contribution < -0.4 is 10.9 Å². The third-order valence-electron chi connectivity index (χ3n) is 5.62. The van der Waals surface area contributed by atoms with Gasteiger partial charge in [-0.15, -0.1) is 0 Å². The van der Waals surface area contributed by atoms with Crippen LogP contribution in [-0.2, 0) is 20.8 Å². The topological polar surface area (TPSA) is 127 Å². The Kier molecular flexibility index (Phi) is 6.28. The predicted octanol–water partition coefficient (Wildman–Crippen LogP) is 0.000700. The Morgan fingerprint density at radius 1 is 1.38 bits per heavy atom. The minimum Gasteiger partial charge on any atom is -0.494 e. The van der Waals surface area contributed by atoms with E-state index in [4.69, 9.17) is 9.47 Å². The van der Waals surface area contributed by atoms with Gasteiger partial charge in [0.2, 0.25) is 11.8 Å². The molecule has 0 aromatic carbocycles. The van der Waals surface area contributed by atoms with Crippen molar-refractivity contribution in [1.82, 2.24) is 24.4 Å². The molecule has 4 rings (SSSR count). The van der Waals surface area contributed by atoms with Gasteiger partial charge in [-0.05, 0) is 25.8 Å². The first-order valence-electron chi connectivity index (χ1n) is 10.6. The van der Waals surface area contributed by atoms with Crippen molar-refractivity contribution >= 4 is 23.5 Å². The van der Waals surface area contributed by atoms with E-state index in [0.29, 0.717) is 31.9 Å². The van der Waals surface area contributed by atoms with Crippen LogP contribution in [0.3, 0.4) is 0 Å². The molecular weight excluding hydrogens is 418 g/mol. The summed E-state index contributed by atoms with van der Waals surface area (Å²) in [5.74, 6) is -1.28. The van der Waals surface area contributed by atoms with Gasteiger partial charge >= 0.3 is 0 Å². The zero-order chi connectivity index (χ0) is 22.8. The normalized spacial score (nSPS) is 17.8. The Morgan fingerprint density at radius 3 is 2.75 bits per heavy atom. The second-order valence-corrected chi connectivity index (χ2v) is 8.01. The number of aromatic hydroxyl groups is 1. The minimum absolute atomic E-state index is 0.0191. The van der Waals surface area contributed by atoms with E-state index in [9.17, 15) is 19.5 Å². The molecule has 1 unspecified atom stereocenters. The number of rotatable bonds is 7. The van der Waals surface area contributed by atoms with Crippen molar-refractivity contribution in [2.45, 2.75) is 38.5 Å². The SMILES string of the molecule is COC(C)Cn1c(O)c(C(=O)NC2CC2)c(=O)n2ncc(C=CC(=O)N3CCOCC3)c12. The van der Waals surface area contributed by atoms with Gasteiger partial charge in [0.15, 0.2) is 5.56 Å². The molecule has 11 heteroatoms. The fourth-order valence-electron chi connectivity index (χ4n) is 3.57. The summed E-state index contributed by atoms with van der Waals surface area (Å²) in [6.45, 7) is 3.96. The van der Waals surface area contributed by atoms with Gasteiger partial charge in [0.25, 0.3) is 11.5 Å². The minimum atomic E-state index is -0.726. The largest absolute Gasteiger partial charge is 0.494 e. The number of hydrogen-bond acceptors (Lipinski definition) is 7. The number of methoxy groups -OCH3 is 1. The molecule has 11 nitrogen and oxygen atoms in total. The Balaban J connectivity index is 1.76. The van der Waals surface area contributed by atoms with E-state index in [1.54, 1.807) is 17.9 Å². The van der Waals surface area contributed by atoms with Crippen molar-refractivity contribution in [3.63, 3.8) is 0 Å². The lowest BCUT2D eigenvalue weighted by Gasteiger charge is -2.25. The van der Waals surface area contributed by atoms with Gasteiger partial charge < -0.3 is 24.8 Å². The second kappa shape index (κ2) is 9.13. The molecule has 172 valence electrons. The highest BCUT2D eigenvalue weighted by Gasteiger charge is 2.30. The highest BCUT2D eigenvalue weighted by atomic mass is 16.5. The molecule has 3 heterocycles. The number of carbonyl (C=O) groups excluding carboxylic acids is 2. The average molecular weight is 445 g/mol. The molecule has 1 saturated heterocycles. The maximum absolute atomic E-state index is 13.0. The fraction of sp³-hybridized carbons (Fsp3) is 0.524. The van der Waals surface area contributed by atoms with Crippen molar-refractivity contribution in [3.05, 3.63) is 33.8 Å². The van der Waals surface area contributed by atoms with Crippen LogP contribution in [0.4, 0.5) is 0 Å². The number of nitrogens with one attached hydrogen (secondary N) is 1. The van der Waals surface area contributed by atoms with Crippen LogP contribution in [-0.4, -0.2) is 81.6 Å². The first kappa shape index (κ1) is 22.0. The summed E-state index contributed by atoms with van der Waals surface area (Å²) in [5.41, 5.74) is -0.367.